The van der Waals surface area contributed by atoms with Gasteiger partial charge in [-0.2, -0.15) is 0 Å². The van der Waals surface area contributed by atoms with Crippen molar-refractivity contribution in [3.8, 4) is 11.1 Å². The molecule has 4 nitrogen and oxygen atoms in total. The predicted octanol–water partition coefficient (Wildman–Crippen LogP) is 6.20. The van der Waals surface area contributed by atoms with Crippen molar-refractivity contribution < 1.29 is 23.4 Å². The monoisotopic (exact) mass is 451 g/mol. The smallest absolute Gasteiger partial charge is 0.411 e. The fourth-order valence-electron chi connectivity index (χ4n) is 4.49. The quantitative estimate of drug-likeness (QED) is 0.465. The maximum atomic E-state index is 14.6. The van der Waals surface area contributed by atoms with Crippen LogP contribution in [-0.4, -0.2) is 29.3 Å². The summed E-state index contributed by atoms with van der Waals surface area (Å²) in [5.74, 6) is -0.695. The second kappa shape index (κ2) is 9.71. The van der Waals surface area contributed by atoms with E-state index >= 15 is 0 Å². The van der Waals surface area contributed by atoms with Gasteiger partial charge in [0.1, 0.15) is 17.2 Å². The fourth-order valence-corrected chi connectivity index (χ4v) is 4.49. The highest BCUT2D eigenvalue weighted by Crippen LogP contribution is 2.41. The number of hydrogen-bond donors (Lipinski definition) is 1. The van der Waals surface area contributed by atoms with E-state index in [1.54, 1.807) is 35.2 Å². The van der Waals surface area contributed by atoms with Crippen molar-refractivity contribution in [1.82, 2.24) is 4.90 Å². The summed E-state index contributed by atoms with van der Waals surface area (Å²) in [4.78, 5) is 14.7. The van der Waals surface area contributed by atoms with E-state index in [2.05, 4.69) is 0 Å². The molecule has 2 atom stereocenters. The number of amides is 1. The molecule has 3 aromatic rings. The summed E-state index contributed by atoms with van der Waals surface area (Å²) in [6.45, 7) is 2.27. The summed E-state index contributed by atoms with van der Waals surface area (Å²) in [6.07, 6.45) is 0.683. The minimum absolute atomic E-state index is 0.0612. The Hall–Kier alpha value is -3.25. The standard InChI is InChI=1S/C27H27F2NO3/c1-19(20-7-9-21(10-8-20)22-11-13-23(28)14-12-22)30-17-16-27(15-4-18-31,33-26(30)32)24-5-2-3-6-25(24)29/h2-3,5-14,19,31H,4,15-18H2,1H3. The zero-order valence-electron chi connectivity index (χ0n) is 18.5. The number of aliphatic hydroxyl groups excluding tert-OH is 1. The van der Waals surface area contributed by atoms with Gasteiger partial charge in [-0.1, -0.05) is 54.6 Å². The minimum atomic E-state index is -1.09. The largest absolute Gasteiger partial charge is 0.438 e. The van der Waals surface area contributed by atoms with Gasteiger partial charge in [-0.3, -0.25) is 0 Å². The van der Waals surface area contributed by atoms with Gasteiger partial charge in [0.25, 0.3) is 0 Å². The lowest BCUT2D eigenvalue weighted by Crippen LogP contribution is -2.49. The van der Waals surface area contributed by atoms with Crippen molar-refractivity contribution in [2.24, 2.45) is 0 Å². The Morgan fingerprint density at radius 1 is 1.00 bits per heavy atom. The van der Waals surface area contributed by atoms with Crippen LogP contribution in [0.25, 0.3) is 11.1 Å². The molecule has 4 rings (SSSR count). The molecule has 6 heteroatoms. The Balaban J connectivity index is 1.52. The molecule has 0 aliphatic carbocycles. The first-order valence-electron chi connectivity index (χ1n) is 11.1. The number of ether oxygens (including phenoxy) is 1. The molecule has 172 valence electrons. The van der Waals surface area contributed by atoms with Gasteiger partial charge in [0.2, 0.25) is 0 Å². The van der Waals surface area contributed by atoms with Gasteiger partial charge in [-0.15, -0.1) is 0 Å². The molecule has 1 fully saturated rings. The molecule has 33 heavy (non-hydrogen) atoms. The number of halogens is 2. The average Bonchev–Trinajstić information content (AvgIpc) is 2.83. The van der Waals surface area contributed by atoms with E-state index in [0.717, 1.165) is 16.7 Å². The maximum absolute atomic E-state index is 14.6. The van der Waals surface area contributed by atoms with Gasteiger partial charge in [0.05, 0.1) is 6.04 Å². The molecule has 0 radical (unpaired) electrons. The van der Waals surface area contributed by atoms with Crippen LogP contribution < -0.4 is 0 Å². The van der Waals surface area contributed by atoms with Crippen molar-refractivity contribution >= 4 is 6.09 Å². The normalized spacial score (nSPS) is 19.3. The van der Waals surface area contributed by atoms with Gasteiger partial charge in [0, 0.05) is 25.1 Å². The topological polar surface area (TPSA) is 49.8 Å². The first kappa shape index (κ1) is 22.9. The van der Waals surface area contributed by atoms with Crippen LogP contribution in [0.2, 0.25) is 0 Å². The van der Waals surface area contributed by atoms with Crippen LogP contribution in [0.3, 0.4) is 0 Å². The number of cyclic esters (lactones) is 1. The summed E-state index contributed by atoms with van der Waals surface area (Å²) in [6, 6.07) is 20.2. The van der Waals surface area contributed by atoms with Gasteiger partial charge in [0.15, 0.2) is 0 Å². The second-order valence-electron chi connectivity index (χ2n) is 8.42. The first-order chi connectivity index (χ1) is 15.9. The number of aliphatic hydroxyl groups is 1. The highest BCUT2D eigenvalue weighted by Gasteiger charge is 2.44. The van der Waals surface area contributed by atoms with Crippen molar-refractivity contribution in [3.63, 3.8) is 0 Å². The third-order valence-electron chi connectivity index (χ3n) is 6.42. The molecule has 3 aromatic carbocycles. The van der Waals surface area contributed by atoms with Crippen molar-refractivity contribution in [2.45, 2.75) is 37.8 Å². The van der Waals surface area contributed by atoms with Crippen LogP contribution in [0.4, 0.5) is 13.6 Å². The number of rotatable bonds is 7. The van der Waals surface area contributed by atoms with Gasteiger partial charge in [-0.05, 0) is 54.7 Å². The van der Waals surface area contributed by atoms with Crippen LogP contribution in [0, 0.1) is 11.6 Å². The Kier molecular flexibility index (Phi) is 6.75. The maximum Gasteiger partial charge on any atom is 0.411 e. The van der Waals surface area contributed by atoms with E-state index < -0.39 is 17.5 Å². The minimum Gasteiger partial charge on any atom is -0.438 e. The van der Waals surface area contributed by atoms with Crippen LogP contribution in [0.15, 0.2) is 72.8 Å². The van der Waals surface area contributed by atoms with Crippen LogP contribution in [0.5, 0.6) is 0 Å². The van der Waals surface area contributed by atoms with Crippen LogP contribution >= 0.6 is 0 Å². The lowest BCUT2D eigenvalue weighted by molar-refractivity contribution is -0.0697. The number of hydrogen-bond acceptors (Lipinski definition) is 3. The molecule has 1 N–H and O–H groups in total. The fraction of sp³-hybridized carbons (Fsp3) is 0.296. The second-order valence-corrected chi connectivity index (χ2v) is 8.42. The lowest BCUT2D eigenvalue weighted by Gasteiger charge is -2.43. The molecule has 0 spiro atoms. The zero-order chi connectivity index (χ0) is 23.4. The lowest BCUT2D eigenvalue weighted by atomic mass is 9.84. The van der Waals surface area contributed by atoms with E-state index in [1.807, 2.05) is 31.2 Å². The molecule has 0 aromatic heterocycles. The Labute approximate surface area is 192 Å². The molecule has 1 aliphatic rings. The Morgan fingerprint density at radius 2 is 1.64 bits per heavy atom. The van der Waals surface area contributed by atoms with E-state index in [9.17, 15) is 18.7 Å². The summed E-state index contributed by atoms with van der Waals surface area (Å²) in [7, 11) is 0. The summed E-state index contributed by atoms with van der Waals surface area (Å²) >= 11 is 0. The third-order valence-corrected chi connectivity index (χ3v) is 6.42. The van der Waals surface area contributed by atoms with E-state index in [1.165, 1.54) is 18.2 Å². The number of carbonyl (C=O) groups is 1. The molecular formula is C27H27F2NO3. The number of carbonyl (C=O) groups excluding carboxylic acids is 1. The molecule has 2 unspecified atom stereocenters. The highest BCUT2D eigenvalue weighted by atomic mass is 19.1. The molecule has 0 saturated carbocycles. The van der Waals surface area contributed by atoms with Crippen LogP contribution in [-0.2, 0) is 10.3 Å². The zero-order valence-corrected chi connectivity index (χ0v) is 18.5. The van der Waals surface area contributed by atoms with Crippen molar-refractivity contribution in [2.75, 3.05) is 13.2 Å². The summed E-state index contributed by atoms with van der Waals surface area (Å²) < 4.78 is 33.7. The number of benzene rings is 3. The Bertz CT molecular complexity index is 1100. The molecule has 1 aliphatic heterocycles. The molecule has 0 bridgehead atoms. The van der Waals surface area contributed by atoms with E-state index in [0.29, 0.717) is 31.4 Å². The summed E-state index contributed by atoms with van der Waals surface area (Å²) in [5, 5.41) is 9.34. The van der Waals surface area contributed by atoms with Crippen molar-refractivity contribution in [1.29, 1.82) is 0 Å². The summed E-state index contributed by atoms with van der Waals surface area (Å²) in [5.41, 5.74) is 2.06. The average molecular weight is 452 g/mol. The van der Waals surface area contributed by atoms with E-state index in [-0.39, 0.29) is 18.5 Å². The highest BCUT2D eigenvalue weighted by molar-refractivity contribution is 5.70. The number of nitrogens with zero attached hydrogens (tertiary/aromatic N) is 1. The Morgan fingerprint density at radius 3 is 2.24 bits per heavy atom. The van der Waals surface area contributed by atoms with E-state index in [4.69, 9.17) is 4.74 Å². The van der Waals surface area contributed by atoms with Gasteiger partial charge < -0.3 is 14.7 Å². The van der Waals surface area contributed by atoms with Gasteiger partial charge >= 0.3 is 6.09 Å². The van der Waals surface area contributed by atoms with Crippen molar-refractivity contribution in [3.05, 3.63) is 95.6 Å². The molecule has 1 amide bonds. The predicted molar refractivity (Wildman–Crippen MR) is 122 cm³/mol. The molecule has 1 heterocycles. The van der Waals surface area contributed by atoms with Gasteiger partial charge in [-0.25, -0.2) is 13.6 Å². The SMILES string of the molecule is CC(c1ccc(-c2ccc(F)cc2)cc1)N1CCC(CCCO)(c2ccccc2F)OC1=O. The first-order valence-corrected chi connectivity index (χ1v) is 11.1. The molecular weight excluding hydrogens is 424 g/mol. The van der Waals surface area contributed by atoms with Crippen LogP contribution in [0.1, 0.15) is 43.4 Å². The third kappa shape index (κ3) is 4.76. The molecule has 1 saturated heterocycles.